The van der Waals surface area contributed by atoms with Gasteiger partial charge in [0, 0.05) is 23.6 Å². The fraction of sp³-hybridized carbons (Fsp3) is 0.304. The van der Waals surface area contributed by atoms with Gasteiger partial charge in [-0.3, -0.25) is 14.4 Å². The Hall–Kier alpha value is -3.41. The molecular weight excluding hydrogens is 488 g/mol. The number of nitrogens with one attached hydrogen (secondary N) is 1. The second kappa shape index (κ2) is 9.33. The highest BCUT2D eigenvalue weighted by Gasteiger charge is 2.31. The number of amides is 1. The molecule has 1 amide bonds. The van der Waals surface area contributed by atoms with E-state index in [1.807, 2.05) is 0 Å². The molecule has 0 radical (unpaired) electrons. The molecule has 0 saturated heterocycles. The first-order valence-corrected chi connectivity index (χ1v) is 10.9. The summed E-state index contributed by atoms with van der Waals surface area (Å²) in [5.74, 6) is -2.84. The van der Waals surface area contributed by atoms with E-state index in [0.29, 0.717) is 5.56 Å². The van der Waals surface area contributed by atoms with Crippen molar-refractivity contribution in [1.82, 2.24) is 14.9 Å². The van der Waals surface area contributed by atoms with Crippen LogP contribution >= 0.6 is 11.6 Å². The van der Waals surface area contributed by atoms with Crippen LogP contribution in [0.5, 0.6) is 0 Å². The highest BCUT2D eigenvalue weighted by atomic mass is 35.5. The highest BCUT2D eigenvalue weighted by molar-refractivity contribution is 6.31. The number of benzene rings is 1. The number of aromatic nitrogens is 2. The zero-order chi connectivity index (χ0) is 25.6. The van der Waals surface area contributed by atoms with Crippen LogP contribution in [0.25, 0.3) is 22.3 Å². The normalized spacial score (nSPS) is 13.8. The molecule has 3 N–H and O–H groups in total. The van der Waals surface area contributed by atoms with Gasteiger partial charge in [0.1, 0.15) is 23.6 Å². The quantitative estimate of drug-likeness (QED) is 0.258. The van der Waals surface area contributed by atoms with E-state index in [1.54, 1.807) is 0 Å². The van der Waals surface area contributed by atoms with Gasteiger partial charge in [0.05, 0.1) is 35.1 Å². The fourth-order valence-corrected chi connectivity index (χ4v) is 4.34. The average molecular weight is 508 g/mol. The SMILES string of the molecule is CC(O)C(=O)NCc1c2c(nc3cc(F)c(Cl)c(F)c13)-c1cc(C(C)O)c(COC=O)c(=O)n1C2. The van der Waals surface area contributed by atoms with Crippen LogP contribution in [-0.2, 0) is 34.0 Å². The van der Waals surface area contributed by atoms with E-state index >= 15 is 4.39 Å². The van der Waals surface area contributed by atoms with Crippen molar-refractivity contribution in [3.05, 3.63) is 61.4 Å². The lowest BCUT2D eigenvalue weighted by atomic mass is 9.99. The van der Waals surface area contributed by atoms with Gasteiger partial charge in [-0.25, -0.2) is 13.8 Å². The third kappa shape index (κ3) is 4.15. The second-order valence-corrected chi connectivity index (χ2v) is 8.51. The number of aliphatic hydroxyl groups excluding tert-OH is 2. The largest absolute Gasteiger partial charge is 0.463 e. The Bertz CT molecular complexity index is 1440. The van der Waals surface area contributed by atoms with Gasteiger partial charge in [0.15, 0.2) is 5.82 Å². The van der Waals surface area contributed by atoms with E-state index < -0.39 is 40.3 Å². The van der Waals surface area contributed by atoms with Gasteiger partial charge >= 0.3 is 0 Å². The summed E-state index contributed by atoms with van der Waals surface area (Å²) in [6.07, 6.45) is -2.43. The Morgan fingerprint density at radius 2 is 2.03 bits per heavy atom. The molecule has 35 heavy (non-hydrogen) atoms. The number of halogens is 3. The third-order valence-electron chi connectivity index (χ3n) is 5.88. The summed E-state index contributed by atoms with van der Waals surface area (Å²) in [5.41, 5.74) is 0.659. The Morgan fingerprint density at radius 3 is 2.66 bits per heavy atom. The summed E-state index contributed by atoms with van der Waals surface area (Å²) < 4.78 is 35.5. The zero-order valence-corrected chi connectivity index (χ0v) is 19.3. The lowest BCUT2D eigenvalue weighted by Gasteiger charge is -2.15. The van der Waals surface area contributed by atoms with Gasteiger partial charge < -0.3 is 24.8 Å². The molecule has 3 heterocycles. The average Bonchev–Trinajstić information content (AvgIpc) is 3.18. The molecule has 0 bridgehead atoms. The van der Waals surface area contributed by atoms with E-state index in [1.165, 1.54) is 24.5 Å². The van der Waals surface area contributed by atoms with Crippen LogP contribution in [0.2, 0.25) is 5.02 Å². The van der Waals surface area contributed by atoms with Crippen molar-refractivity contribution >= 4 is 34.9 Å². The van der Waals surface area contributed by atoms with Gasteiger partial charge in [0.25, 0.3) is 12.0 Å². The van der Waals surface area contributed by atoms with Crippen molar-refractivity contribution in [3.63, 3.8) is 0 Å². The van der Waals surface area contributed by atoms with Gasteiger partial charge in [-0.1, -0.05) is 11.6 Å². The van der Waals surface area contributed by atoms with Crippen LogP contribution in [0.4, 0.5) is 8.78 Å². The number of aliphatic hydroxyl groups is 2. The van der Waals surface area contributed by atoms with Crippen molar-refractivity contribution in [3.8, 4) is 11.4 Å². The molecular formula is C23H20ClF2N3O6. The van der Waals surface area contributed by atoms with E-state index in [-0.39, 0.29) is 65.1 Å². The zero-order valence-electron chi connectivity index (χ0n) is 18.6. The lowest BCUT2D eigenvalue weighted by Crippen LogP contribution is -2.32. The van der Waals surface area contributed by atoms with Gasteiger partial charge in [0.2, 0.25) is 5.91 Å². The minimum Gasteiger partial charge on any atom is -0.463 e. The Balaban J connectivity index is 2.00. The lowest BCUT2D eigenvalue weighted by molar-refractivity contribution is -0.130. The summed E-state index contributed by atoms with van der Waals surface area (Å²) in [5, 5.41) is 21.4. The number of carbonyl (C=O) groups excluding carboxylic acids is 2. The van der Waals surface area contributed by atoms with Crippen LogP contribution in [-0.4, -0.2) is 38.2 Å². The minimum absolute atomic E-state index is 0.0532. The van der Waals surface area contributed by atoms with Gasteiger partial charge in [-0.15, -0.1) is 0 Å². The second-order valence-electron chi connectivity index (χ2n) is 8.13. The minimum atomic E-state index is -1.34. The summed E-state index contributed by atoms with van der Waals surface area (Å²) in [4.78, 5) is 40.4. The molecule has 2 unspecified atom stereocenters. The number of hydrogen-bond acceptors (Lipinski definition) is 7. The predicted octanol–water partition coefficient (Wildman–Crippen LogP) is 2.08. The number of pyridine rings is 2. The first-order valence-electron chi connectivity index (χ1n) is 10.5. The van der Waals surface area contributed by atoms with Crippen LogP contribution in [0.3, 0.4) is 0 Å². The third-order valence-corrected chi connectivity index (χ3v) is 6.23. The molecule has 0 aliphatic carbocycles. The molecule has 4 rings (SSSR count). The molecule has 0 fully saturated rings. The van der Waals surface area contributed by atoms with Crippen LogP contribution in [0.1, 0.15) is 42.2 Å². The molecule has 3 aromatic rings. The van der Waals surface area contributed by atoms with Crippen LogP contribution in [0, 0.1) is 11.6 Å². The standard InChI is InChI=1S/C23H20ClF2N3O6/c1-9(31)11-3-17-21-13(6-29(17)23(34)14(11)7-35-8-30)12(5-27-22(33)10(2)32)18-16(28-21)4-15(25)19(24)20(18)26/h3-4,8-10,31-32H,5-7H2,1-2H3,(H,27,33). The number of ether oxygens (including phenoxy) is 1. The molecule has 12 heteroatoms. The topological polar surface area (TPSA) is 131 Å². The summed E-state index contributed by atoms with van der Waals surface area (Å²) in [7, 11) is 0. The van der Waals surface area contributed by atoms with Crippen molar-refractivity contribution in [2.24, 2.45) is 0 Å². The van der Waals surface area contributed by atoms with Gasteiger partial charge in [-0.05, 0) is 31.0 Å². The summed E-state index contributed by atoms with van der Waals surface area (Å²) in [6.45, 7) is 2.14. The maximum Gasteiger partial charge on any atom is 0.293 e. The van der Waals surface area contributed by atoms with E-state index in [4.69, 9.17) is 16.3 Å². The van der Waals surface area contributed by atoms with E-state index in [2.05, 4.69) is 10.3 Å². The first-order chi connectivity index (χ1) is 16.6. The van der Waals surface area contributed by atoms with Crippen molar-refractivity contribution in [1.29, 1.82) is 0 Å². The molecule has 1 aliphatic heterocycles. The number of carbonyl (C=O) groups is 2. The molecule has 1 aromatic carbocycles. The van der Waals surface area contributed by atoms with Crippen molar-refractivity contribution in [2.45, 2.75) is 45.8 Å². The molecule has 0 saturated carbocycles. The highest BCUT2D eigenvalue weighted by Crippen LogP contribution is 2.39. The van der Waals surface area contributed by atoms with Gasteiger partial charge in [-0.2, -0.15) is 0 Å². The van der Waals surface area contributed by atoms with E-state index in [0.717, 1.165) is 6.07 Å². The Morgan fingerprint density at radius 1 is 1.31 bits per heavy atom. The summed E-state index contributed by atoms with van der Waals surface area (Å²) in [6, 6.07) is 2.45. The smallest absolute Gasteiger partial charge is 0.293 e. The summed E-state index contributed by atoms with van der Waals surface area (Å²) >= 11 is 5.80. The molecule has 2 aromatic heterocycles. The fourth-order valence-electron chi connectivity index (χ4n) is 4.19. The maximum atomic E-state index is 15.1. The number of rotatable bonds is 7. The van der Waals surface area contributed by atoms with Crippen LogP contribution in [0.15, 0.2) is 16.9 Å². The van der Waals surface area contributed by atoms with Crippen LogP contribution < -0.4 is 10.9 Å². The monoisotopic (exact) mass is 507 g/mol. The van der Waals surface area contributed by atoms with E-state index in [9.17, 15) is 29.0 Å². The number of hydrogen-bond donors (Lipinski definition) is 3. The molecule has 0 spiro atoms. The molecule has 9 nitrogen and oxygen atoms in total. The predicted molar refractivity (Wildman–Crippen MR) is 120 cm³/mol. The Kier molecular flexibility index (Phi) is 6.58. The Labute approximate surface area is 201 Å². The first kappa shape index (κ1) is 24.7. The van der Waals surface area contributed by atoms with Crippen molar-refractivity contribution in [2.75, 3.05) is 0 Å². The molecule has 1 aliphatic rings. The number of fused-ring (bicyclic) bond motifs is 4. The number of nitrogens with zero attached hydrogens (tertiary/aromatic N) is 2. The maximum absolute atomic E-state index is 15.1. The van der Waals surface area contributed by atoms with Crippen molar-refractivity contribution < 1.29 is 33.3 Å². The molecule has 2 atom stereocenters. The molecule has 184 valence electrons.